The molecule has 1 aliphatic rings. The third-order valence-corrected chi connectivity index (χ3v) is 6.05. The fourth-order valence-corrected chi connectivity index (χ4v) is 3.95. The molecule has 1 heterocycles. The number of hydrogen-bond donors (Lipinski definition) is 2. The lowest BCUT2D eigenvalue weighted by molar-refractivity contribution is -0.114. The third kappa shape index (κ3) is 7.46. The molecule has 0 aromatic heterocycles. The topological polar surface area (TPSA) is 61.4 Å². The van der Waals surface area contributed by atoms with Gasteiger partial charge in [0.1, 0.15) is 5.82 Å². The van der Waals surface area contributed by atoms with Gasteiger partial charge in [0, 0.05) is 17.9 Å². The number of carbonyl (C=O) groups is 2. The van der Waals surface area contributed by atoms with Crippen LogP contribution in [-0.2, 0) is 16.1 Å². The number of rotatable bonds is 8. The van der Waals surface area contributed by atoms with Crippen molar-refractivity contribution >= 4 is 35.0 Å². The molecule has 1 fully saturated rings. The van der Waals surface area contributed by atoms with E-state index in [2.05, 4.69) is 34.6 Å². The van der Waals surface area contributed by atoms with Gasteiger partial charge >= 0.3 is 0 Å². The highest BCUT2D eigenvalue weighted by Gasteiger charge is 2.15. The maximum atomic E-state index is 12.9. The van der Waals surface area contributed by atoms with Gasteiger partial charge in [-0.25, -0.2) is 4.39 Å². The first-order valence-electron chi connectivity index (χ1n) is 10.2. The molecule has 0 saturated carbocycles. The second kappa shape index (κ2) is 11.1. The maximum Gasteiger partial charge on any atom is 0.234 e. The van der Waals surface area contributed by atoms with Gasteiger partial charge in [0.15, 0.2) is 0 Å². The normalized spacial score (nSPS) is 15.0. The smallest absolute Gasteiger partial charge is 0.234 e. The van der Waals surface area contributed by atoms with Crippen molar-refractivity contribution in [2.24, 2.45) is 5.92 Å². The highest BCUT2D eigenvalue weighted by Crippen LogP contribution is 2.19. The van der Waals surface area contributed by atoms with Crippen LogP contribution in [0, 0.1) is 11.7 Å². The standard InChI is InChI=1S/C23H28FN3O2S/c1-17-10-12-27(13-11-17)14-18-2-6-20(7-3-18)25-22(28)15-30-16-23(29)26-21-8-4-19(24)5-9-21/h2-9,17H,10-16H2,1H3,(H,25,28)(H,26,29). The molecule has 1 aliphatic heterocycles. The number of likely N-dealkylation sites (tertiary alicyclic amines) is 1. The second-order valence-electron chi connectivity index (χ2n) is 7.75. The summed E-state index contributed by atoms with van der Waals surface area (Å²) in [7, 11) is 0. The molecule has 0 spiro atoms. The Labute approximate surface area is 181 Å². The molecule has 5 nitrogen and oxygen atoms in total. The molecule has 0 radical (unpaired) electrons. The minimum Gasteiger partial charge on any atom is -0.325 e. The van der Waals surface area contributed by atoms with Crippen LogP contribution in [0.5, 0.6) is 0 Å². The number of benzene rings is 2. The fourth-order valence-electron chi connectivity index (χ4n) is 3.34. The minimum atomic E-state index is -0.354. The number of thioether (sulfide) groups is 1. The molecule has 160 valence electrons. The zero-order valence-electron chi connectivity index (χ0n) is 17.2. The summed E-state index contributed by atoms with van der Waals surface area (Å²) in [6, 6.07) is 13.5. The number of hydrogen-bond acceptors (Lipinski definition) is 4. The highest BCUT2D eigenvalue weighted by molar-refractivity contribution is 8.00. The van der Waals surface area contributed by atoms with Crippen LogP contribution < -0.4 is 10.6 Å². The average molecular weight is 430 g/mol. The number of piperidine rings is 1. The van der Waals surface area contributed by atoms with Crippen LogP contribution in [0.1, 0.15) is 25.3 Å². The Hall–Kier alpha value is -2.38. The summed E-state index contributed by atoms with van der Waals surface area (Å²) in [5.74, 6) is 0.435. The molecule has 30 heavy (non-hydrogen) atoms. The largest absolute Gasteiger partial charge is 0.325 e. The predicted molar refractivity (Wildman–Crippen MR) is 121 cm³/mol. The van der Waals surface area contributed by atoms with Crippen molar-refractivity contribution in [1.29, 1.82) is 0 Å². The van der Waals surface area contributed by atoms with Gasteiger partial charge in [-0.3, -0.25) is 14.5 Å². The Bertz CT molecular complexity index is 835. The predicted octanol–water partition coefficient (Wildman–Crippen LogP) is 4.37. The molecule has 3 rings (SSSR count). The Morgan fingerprint density at radius 2 is 1.43 bits per heavy atom. The maximum absolute atomic E-state index is 12.9. The summed E-state index contributed by atoms with van der Waals surface area (Å²) in [4.78, 5) is 26.5. The van der Waals surface area contributed by atoms with E-state index in [0.29, 0.717) is 5.69 Å². The van der Waals surface area contributed by atoms with E-state index < -0.39 is 0 Å². The Morgan fingerprint density at radius 3 is 1.97 bits per heavy atom. The number of amides is 2. The number of nitrogens with one attached hydrogen (secondary N) is 2. The average Bonchev–Trinajstić information content (AvgIpc) is 2.73. The number of halogens is 1. The van der Waals surface area contributed by atoms with Gasteiger partial charge in [-0.1, -0.05) is 19.1 Å². The zero-order valence-corrected chi connectivity index (χ0v) is 18.0. The number of anilines is 2. The van der Waals surface area contributed by atoms with Gasteiger partial charge in [0.05, 0.1) is 11.5 Å². The molecule has 1 saturated heterocycles. The lowest BCUT2D eigenvalue weighted by atomic mass is 9.99. The van der Waals surface area contributed by atoms with E-state index >= 15 is 0 Å². The first-order chi connectivity index (χ1) is 14.5. The van der Waals surface area contributed by atoms with Crippen molar-refractivity contribution in [1.82, 2.24) is 4.90 Å². The van der Waals surface area contributed by atoms with Crippen LogP contribution in [0.15, 0.2) is 48.5 Å². The quantitative estimate of drug-likeness (QED) is 0.654. The molecule has 2 N–H and O–H groups in total. The summed E-state index contributed by atoms with van der Waals surface area (Å²) < 4.78 is 12.9. The molecule has 7 heteroatoms. The zero-order chi connectivity index (χ0) is 21.3. The minimum absolute atomic E-state index is 0.146. The molecule has 0 bridgehead atoms. The molecule has 2 aromatic rings. The summed E-state index contributed by atoms with van der Waals surface area (Å²) in [6.45, 7) is 5.54. The van der Waals surface area contributed by atoms with Gasteiger partial charge in [-0.2, -0.15) is 0 Å². The van der Waals surface area contributed by atoms with Crippen LogP contribution >= 0.6 is 11.8 Å². The molecule has 2 aromatic carbocycles. The van der Waals surface area contributed by atoms with Crippen molar-refractivity contribution < 1.29 is 14.0 Å². The van der Waals surface area contributed by atoms with Crippen molar-refractivity contribution in [3.8, 4) is 0 Å². The third-order valence-electron chi connectivity index (χ3n) is 5.11. The summed E-state index contributed by atoms with van der Waals surface area (Å²) in [5.41, 5.74) is 2.53. The summed E-state index contributed by atoms with van der Waals surface area (Å²) >= 11 is 1.23. The van der Waals surface area contributed by atoms with Gasteiger partial charge in [0.2, 0.25) is 11.8 Å². The second-order valence-corrected chi connectivity index (χ2v) is 8.74. The van der Waals surface area contributed by atoms with E-state index in [-0.39, 0.29) is 29.1 Å². The van der Waals surface area contributed by atoms with Crippen LogP contribution in [0.2, 0.25) is 0 Å². The fraction of sp³-hybridized carbons (Fsp3) is 0.391. The van der Waals surface area contributed by atoms with E-state index in [4.69, 9.17) is 0 Å². The Morgan fingerprint density at radius 1 is 0.933 bits per heavy atom. The van der Waals surface area contributed by atoms with Gasteiger partial charge in [-0.15, -0.1) is 11.8 Å². The molecule has 0 atom stereocenters. The summed E-state index contributed by atoms with van der Waals surface area (Å²) in [5, 5.41) is 5.53. The molecule has 0 aliphatic carbocycles. The van der Waals surface area contributed by atoms with E-state index in [0.717, 1.165) is 31.2 Å². The SMILES string of the molecule is CC1CCN(Cc2ccc(NC(=O)CSCC(=O)Nc3ccc(F)cc3)cc2)CC1. The number of nitrogens with zero attached hydrogens (tertiary/aromatic N) is 1. The van der Waals surface area contributed by atoms with Gasteiger partial charge < -0.3 is 10.6 Å². The summed E-state index contributed by atoms with van der Waals surface area (Å²) in [6.07, 6.45) is 2.52. The molecule has 2 amide bonds. The van der Waals surface area contributed by atoms with E-state index in [1.165, 1.54) is 54.4 Å². The Balaban J connectivity index is 1.35. The van der Waals surface area contributed by atoms with E-state index in [1.54, 1.807) is 0 Å². The van der Waals surface area contributed by atoms with Crippen molar-refractivity contribution in [3.05, 3.63) is 59.9 Å². The van der Waals surface area contributed by atoms with E-state index in [1.807, 2.05) is 12.1 Å². The van der Waals surface area contributed by atoms with Crippen LogP contribution in [0.25, 0.3) is 0 Å². The van der Waals surface area contributed by atoms with Gasteiger partial charge in [-0.05, 0) is 73.8 Å². The first-order valence-corrected chi connectivity index (χ1v) is 11.4. The monoisotopic (exact) mass is 429 g/mol. The molecular formula is C23H28FN3O2S. The van der Waals surface area contributed by atoms with Crippen LogP contribution in [-0.4, -0.2) is 41.3 Å². The van der Waals surface area contributed by atoms with Gasteiger partial charge in [0.25, 0.3) is 0 Å². The molecule has 0 unspecified atom stereocenters. The van der Waals surface area contributed by atoms with Crippen LogP contribution in [0.3, 0.4) is 0 Å². The lowest BCUT2D eigenvalue weighted by Crippen LogP contribution is -2.32. The van der Waals surface area contributed by atoms with Crippen molar-refractivity contribution in [2.75, 3.05) is 35.2 Å². The molecular weight excluding hydrogens is 401 g/mol. The number of carbonyl (C=O) groups excluding carboxylic acids is 2. The van der Waals surface area contributed by atoms with E-state index in [9.17, 15) is 14.0 Å². The van der Waals surface area contributed by atoms with Crippen molar-refractivity contribution in [2.45, 2.75) is 26.3 Å². The highest BCUT2D eigenvalue weighted by atomic mass is 32.2. The lowest BCUT2D eigenvalue weighted by Gasteiger charge is -2.30. The van der Waals surface area contributed by atoms with Crippen LogP contribution in [0.4, 0.5) is 15.8 Å². The van der Waals surface area contributed by atoms with Crippen molar-refractivity contribution in [3.63, 3.8) is 0 Å². The first kappa shape index (κ1) is 22.3. The Kier molecular flexibility index (Phi) is 8.28.